The van der Waals surface area contributed by atoms with E-state index in [9.17, 15) is 0 Å². The van der Waals surface area contributed by atoms with Crippen LogP contribution < -0.4 is 5.73 Å². The summed E-state index contributed by atoms with van der Waals surface area (Å²) in [6, 6.07) is 0.454. The highest BCUT2D eigenvalue weighted by Crippen LogP contribution is 2.28. The summed E-state index contributed by atoms with van der Waals surface area (Å²) in [4.78, 5) is 0. The van der Waals surface area contributed by atoms with Gasteiger partial charge in [-0.2, -0.15) is 0 Å². The van der Waals surface area contributed by atoms with Gasteiger partial charge >= 0.3 is 0 Å². The molecule has 1 aliphatic rings. The van der Waals surface area contributed by atoms with Gasteiger partial charge in [0.1, 0.15) is 0 Å². The average Bonchev–Trinajstić information content (AvgIpc) is 2.05. The highest BCUT2D eigenvalue weighted by Gasteiger charge is 2.22. The van der Waals surface area contributed by atoms with Crippen LogP contribution in [-0.4, -0.2) is 6.04 Å². The van der Waals surface area contributed by atoms with E-state index in [1.165, 1.54) is 32.1 Å². The van der Waals surface area contributed by atoms with Crippen LogP contribution in [0.25, 0.3) is 0 Å². The molecule has 2 N–H and O–H groups in total. The molecule has 1 rings (SSSR count). The fraction of sp³-hybridized carbons (Fsp3) is 1.00. The van der Waals surface area contributed by atoms with Crippen LogP contribution in [0.2, 0.25) is 0 Å². The van der Waals surface area contributed by atoms with E-state index in [-0.39, 0.29) is 0 Å². The summed E-state index contributed by atoms with van der Waals surface area (Å²) in [7, 11) is 0. The average molecular weight is 155 g/mol. The molecule has 0 bridgehead atoms. The molecular formula is C10H21N. The predicted molar refractivity (Wildman–Crippen MR) is 49.4 cm³/mol. The second kappa shape index (κ2) is 4.10. The molecule has 0 saturated heterocycles. The van der Waals surface area contributed by atoms with Gasteiger partial charge in [0.2, 0.25) is 0 Å². The molecular weight excluding hydrogens is 134 g/mol. The Morgan fingerprint density at radius 2 is 1.64 bits per heavy atom. The molecule has 0 amide bonds. The molecule has 66 valence electrons. The van der Waals surface area contributed by atoms with Crippen molar-refractivity contribution in [2.75, 3.05) is 0 Å². The molecule has 1 fully saturated rings. The lowest BCUT2D eigenvalue weighted by molar-refractivity contribution is 0.262. The van der Waals surface area contributed by atoms with Crippen LogP contribution in [-0.2, 0) is 0 Å². The molecule has 0 aromatic rings. The molecule has 0 spiro atoms. The van der Waals surface area contributed by atoms with Crippen molar-refractivity contribution in [3.63, 3.8) is 0 Å². The Morgan fingerprint density at radius 3 is 2.09 bits per heavy atom. The Bertz CT molecular complexity index is 103. The number of nitrogens with two attached hydrogens (primary N) is 1. The maximum Gasteiger partial charge on any atom is 0.00903 e. The first-order chi connectivity index (χ1) is 5.22. The molecule has 0 heterocycles. The summed E-state index contributed by atoms with van der Waals surface area (Å²) in [6.07, 6.45) is 7.00. The first-order valence-electron chi connectivity index (χ1n) is 4.97. The summed E-state index contributed by atoms with van der Waals surface area (Å²) in [5.41, 5.74) is 6.09. The Balaban J connectivity index is 2.32. The smallest absolute Gasteiger partial charge is 0.00903 e. The zero-order valence-electron chi connectivity index (χ0n) is 7.84. The highest BCUT2D eigenvalue weighted by molar-refractivity contribution is 4.78. The van der Waals surface area contributed by atoms with Crippen LogP contribution in [0, 0.1) is 11.8 Å². The van der Waals surface area contributed by atoms with Gasteiger partial charge in [0.15, 0.2) is 0 Å². The summed E-state index contributed by atoms with van der Waals surface area (Å²) in [5, 5.41) is 0. The minimum atomic E-state index is 0.454. The quantitative estimate of drug-likeness (QED) is 0.651. The molecule has 1 heteroatoms. The number of rotatable bonds is 2. The summed E-state index contributed by atoms with van der Waals surface area (Å²) < 4.78 is 0. The minimum absolute atomic E-state index is 0.454. The van der Waals surface area contributed by atoms with E-state index in [1.807, 2.05) is 0 Å². The van der Waals surface area contributed by atoms with E-state index in [0.29, 0.717) is 12.0 Å². The predicted octanol–water partition coefficient (Wildman–Crippen LogP) is 2.55. The standard InChI is InChI=1S/C10H21N/c1-8(2)10(11)9-6-4-3-5-7-9/h8-10H,3-7,11H2,1-2H3. The normalized spacial score (nSPS) is 24.0. The molecule has 0 radical (unpaired) electrons. The second-order valence-corrected chi connectivity index (χ2v) is 4.22. The molecule has 1 unspecified atom stereocenters. The van der Waals surface area contributed by atoms with Crippen molar-refractivity contribution in [2.45, 2.75) is 52.0 Å². The molecule has 1 aliphatic carbocycles. The van der Waals surface area contributed by atoms with Crippen molar-refractivity contribution < 1.29 is 0 Å². The Labute approximate surface area is 70.4 Å². The Hall–Kier alpha value is -0.0400. The summed E-state index contributed by atoms with van der Waals surface area (Å²) >= 11 is 0. The van der Waals surface area contributed by atoms with Crippen molar-refractivity contribution in [3.05, 3.63) is 0 Å². The van der Waals surface area contributed by atoms with Crippen molar-refractivity contribution in [2.24, 2.45) is 17.6 Å². The van der Waals surface area contributed by atoms with Gasteiger partial charge < -0.3 is 5.73 Å². The lowest BCUT2D eigenvalue weighted by atomic mass is 9.80. The molecule has 0 aromatic heterocycles. The monoisotopic (exact) mass is 155 g/mol. The van der Waals surface area contributed by atoms with E-state index in [1.54, 1.807) is 0 Å². The fourth-order valence-corrected chi connectivity index (χ4v) is 2.06. The van der Waals surface area contributed by atoms with Gasteiger partial charge in [-0.3, -0.25) is 0 Å². The third-order valence-electron chi connectivity index (χ3n) is 2.96. The summed E-state index contributed by atoms with van der Waals surface area (Å²) in [6.45, 7) is 4.47. The number of hydrogen-bond acceptors (Lipinski definition) is 1. The Kier molecular flexibility index (Phi) is 3.38. The van der Waals surface area contributed by atoms with Crippen molar-refractivity contribution in [3.8, 4) is 0 Å². The zero-order valence-corrected chi connectivity index (χ0v) is 7.84. The molecule has 11 heavy (non-hydrogen) atoms. The first-order valence-corrected chi connectivity index (χ1v) is 4.97. The fourth-order valence-electron chi connectivity index (χ4n) is 2.06. The van der Waals surface area contributed by atoms with Gasteiger partial charge in [-0.05, 0) is 24.7 Å². The SMILES string of the molecule is CC(C)C(N)C1CCCCC1. The molecule has 1 atom stereocenters. The lowest BCUT2D eigenvalue weighted by Crippen LogP contribution is -2.36. The zero-order chi connectivity index (χ0) is 8.27. The van der Waals surface area contributed by atoms with Crippen LogP contribution in [0.4, 0.5) is 0 Å². The van der Waals surface area contributed by atoms with Gasteiger partial charge in [-0.25, -0.2) is 0 Å². The van der Waals surface area contributed by atoms with Crippen LogP contribution in [0.15, 0.2) is 0 Å². The number of hydrogen-bond donors (Lipinski definition) is 1. The third kappa shape index (κ3) is 2.48. The van der Waals surface area contributed by atoms with Crippen molar-refractivity contribution in [1.29, 1.82) is 0 Å². The maximum absolute atomic E-state index is 6.09. The van der Waals surface area contributed by atoms with Crippen LogP contribution in [0.5, 0.6) is 0 Å². The van der Waals surface area contributed by atoms with E-state index in [4.69, 9.17) is 5.73 Å². The topological polar surface area (TPSA) is 26.0 Å². The third-order valence-corrected chi connectivity index (χ3v) is 2.96. The van der Waals surface area contributed by atoms with E-state index < -0.39 is 0 Å². The van der Waals surface area contributed by atoms with Crippen LogP contribution >= 0.6 is 0 Å². The van der Waals surface area contributed by atoms with Gasteiger partial charge in [-0.15, -0.1) is 0 Å². The van der Waals surface area contributed by atoms with Crippen LogP contribution in [0.3, 0.4) is 0 Å². The lowest BCUT2D eigenvalue weighted by Gasteiger charge is -2.29. The first kappa shape index (κ1) is 9.05. The van der Waals surface area contributed by atoms with E-state index in [2.05, 4.69) is 13.8 Å². The second-order valence-electron chi connectivity index (χ2n) is 4.22. The molecule has 0 aromatic carbocycles. The molecule has 1 nitrogen and oxygen atoms in total. The molecule has 1 saturated carbocycles. The highest BCUT2D eigenvalue weighted by atomic mass is 14.7. The summed E-state index contributed by atoms with van der Waals surface area (Å²) in [5.74, 6) is 1.49. The Morgan fingerprint density at radius 1 is 1.09 bits per heavy atom. The van der Waals surface area contributed by atoms with Crippen molar-refractivity contribution >= 4 is 0 Å². The van der Waals surface area contributed by atoms with E-state index in [0.717, 1.165) is 5.92 Å². The van der Waals surface area contributed by atoms with Gasteiger partial charge in [-0.1, -0.05) is 33.1 Å². The van der Waals surface area contributed by atoms with Gasteiger partial charge in [0.05, 0.1) is 0 Å². The largest absolute Gasteiger partial charge is 0.327 e. The minimum Gasteiger partial charge on any atom is -0.327 e. The van der Waals surface area contributed by atoms with Gasteiger partial charge in [0, 0.05) is 6.04 Å². The van der Waals surface area contributed by atoms with Crippen molar-refractivity contribution in [1.82, 2.24) is 0 Å². The van der Waals surface area contributed by atoms with E-state index >= 15 is 0 Å². The maximum atomic E-state index is 6.09. The molecule has 0 aliphatic heterocycles. The van der Waals surface area contributed by atoms with Gasteiger partial charge in [0.25, 0.3) is 0 Å². The van der Waals surface area contributed by atoms with Crippen LogP contribution in [0.1, 0.15) is 46.0 Å².